The van der Waals surface area contributed by atoms with Crippen molar-refractivity contribution >= 4 is 17.7 Å². The summed E-state index contributed by atoms with van der Waals surface area (Å²) >= 11 is 5.54. The molecule has 0 fully saturated rings. The van der Waals surface area contributed by atoms with Gasteiger partial charge in [0.05, 0.1) is 0 Å². The number of hydroxylamine groups is 1. The van der Waals surface area contributed by atoms with Crippen LogP contribution in [0.3, 0.4) is 0 Å². The maximum absolute atomic E-state index is 5.54. The molecular formula is C14H12ClNO. The van der Waals surface area contributed by atoms with E-state index in [1.165, 1.54) is 0 Å². The van der Waals surface area contributed by atoms with Crippen molar-refractivity contribution in [2.24, 2.45) is 0 Å². The quantitative estimate of drug-likeness (QED) is 0.760. The summed E-state index contributed by atoms with van der Waals surface area (Å²) in [7, 11) is 0. The Hall–Kier alpha value is -1.93. The van der Waals surface area contributed by atoms with Gasteiger partial charge in [-0.05, 0) is 24.3 Å². The molecule has 2 aromatic carbocycles. The van der Waals surface area contributed by atoms with Crippen molar-refractivity contribution in [3.05, 3.63) is 71.4 Å². The van der Waals surface area contributed by atoms with Crippen molar-refractivity contribution in [3.8, 4) is 5.75 Å². The number of benzene rings is 2. The van der Waals surface area contributed by atoms with Gasteiger partial charge >= 0.3 is 0 Å². The highest BCUT2D eigenvalue weighted by Crippen LogP contribution is 2.20. The smallest absolute Gasteiger partial charge is 0.162 e. The molecule has 1 heterocycles. The van der Waals surface area contributed by atoms with Gasteiger partial charge in [-0.1, -0.05) is 48.0 Å². The minimum Gasteiger partial charge on any atom is -0.382 e. The molecule has 86 valence electrons. The minimum absolute atomic E-state index is 0.794. The van der Waals surface area contributed by atoms with Crippen LogP contribution in [0.25, 0.3) is 6.08 Å². The molecule has 1 N–H and O–H groups in total. The lowest BCUT2D eigenvalue weighted by molar-refractivity contribution is 0.239. The van der Waals surface area contributed by atoms with E-state index in [1.807, 2.05) is 60.7 Å². The fourth-order valence-corrected chi connectivity index (χ4v) is 1.49. The van der Waals surface area contributed by atoms with Crippen LogP contribution in [0.5, 0.6) is 5.75 Å². The van der Waals surface area contributed by atoms with E-state index in [2.05, 4.69) is 5.48 Å². The number of fused-ring (bicyclic) bond motifs is 1. The second-order valence-electron chi connectivity index (χ2n) is 3.39. The van der Waals surface area contributed by atoms with Gasteiger partial charge in [-0.25, -0.2) is 5.48 Å². The van der Waals surface area contributed by atoms with E-state index in [-0.39, 0.29) is 0 Å². The SMILES string of the molecule is C1=Cc2ccccc2ON1.Clc1ccccc1. The first-order chi connectivity index (χ1) is 8.36. The first-order valence-electron chi connectivity index (χ1n) is 5.25. The average Bonchev–Trinajstić information content (AvgIpc) is 2.41. The Kier molecular flexibility index (Phi) is 4.05. The van der Waals surface area contributed by atoms with E-state index in [9.17, 15) is 0 Å². The molecule has 17 heavy (non-hydrogen) atoms. The van der Waals surface area contributed by atoms with E-state index < -0.39 is 0 Å². The predicted octanol–water partition coefficient (Wildman–Crippen LogP) is 3.89. The summed E-state index contributed by atoms with van der Waals surface area (Å²) in [5.74, 6) is 0.880. The van der Waals surface area contributed by atoms with Crippen LogP contribution in [0.15, 0.2) is 60.8 Å². The molecule has 0 atom stereocenters. The molecule has 0 unspecified atom stereocenters. The molecule has 1 aliphatic rings. The van der Waals surface area contributed by atoms with Gasteiger partial charge in [0, 0.05) is 16.8 Å². The molecular weight excluding hydrogens is 234 g/mol. The van der Waals surface area contributed by atoms with E-state index in [1.54, 1.807) is 6.20 Å². The van der Waals surface area contributed by atoms with Crippen LogP contribution < -0.4 is 10.3 Å². The zero-order valence-electron chi connectivity index (χ0n) is 9.14. The summed E-state index contributed by atoms with van der Waals surface area (Å²) in [5.41, 5.74) is 3.77. The summed E-state index contributed by atoms with van der Waals surface area (Å²) in [5, 5.41) is 0.794. The molecule has 0 amide bonds. The van der Waals surface area contributed by atoms with Gasteiger partial charge in [-0.3, -0.25) is 0 Å². The zero-order valence-corrected chi connectivity index (χ0v) is 9.89. The Morgan fingerprint density at radius 2 is 1.59 bits per heavy atom. The third kappa shape index (κ3) is 3.54. The zero-order chi connectivity index (χ0) is 11.9. The topological polar surface area (TPSA) is 21.3 Å². The third-order valence-electron chi connectivity index (χ3n) is 2.15. The molecule has 3 rings (SSSR count). The number of halogens is 1. The molecule has 0 bridgehead atoms. The first-order valence-corrected chi connectivity index (χ1v) is 5.62. The molecule has 0 aromatic heterocycles. The Bertz CT molecular complexity index is 497. The van der Waals surface area contributed by atoms with Gasteiger partial charge in [0.2, 0.25) is 0 Å². The highest BCUT2D eigenvalue weighted by atomic mass is 35.5. The average molecular weight is 246 g/mol. The molecule has 0 spiro atoms. The van der Waals surface area contributed by atoms with E-state index >= 15 is 0 Å². The van der Waals surface area contributed by atoms with Gasteiger partial charge < -0.3 is 4.84 Å². The van der Waals surface area contributed by atoms with Gasteiger partial charge in [0.1, 0.15) is 0 Å². The highest BCUT2D eigenvalue weighted by Gasteiger charge is 2.01. The van der Waals surface area contributed by atoms with Crippen molar-refractivity contribution in [3.63, 3.8) is 0 Å². The lowest BCUT2D eigenvalue weighted by atomic mass is 10.2. The number of hydrogen-bond donors (Lipinski definition) is 1. The molecule has 0 radical (unpaired) electrons. The van der Waals surface area contributed by atoms with Crippen molar-refractivity contribution in [2.45, 2.75) is 0 Å². The normalized spacial score (nSPS) is 11.4. The fourth-order valence-electron chi connectivity index (χ4n) is 1.35. The largest absolute Gasteiger partial charge is 0.382 e. The third-order valence-corrected chi connectivity index (χ3v) is 2.40. The summed E-state index contributed by atoms with van der Waals surface area (Å²) in [6.45, 7) is 0. The van der Waals surface area contributed by atoms with Gasteiger partial charge in [-0.2, -0.15) is 0 Å². The standard InChI is InChI=1S/C8H7NO.C6H5Cl/c1-2-4-8-7(3-1)5-6-9-10-8;7-6-4-2-1-3-5-6/h1-6,9H;1-5H. The van der Waals surface area contributed by atoms with E-state index in [0.717, 1.165) is 16.3 Å². The van der Waals surface area contributed by atoms with E-state index in [4.69, 9.17) is 16.4 Å². The second-order valence-corrected chi connectivity index (χ2v) is 3.82. The van der Waals surface area contributed by atoms with Crippen molar-refractivity contribution in [1.82, 2.24) is 5.48 Å². The molecule has 1 aliphatic heterocycles. The summed E-state index contributed by atoms with van der Waals surface area (Å²) in [4.78, 5) is 5.09. The summed E-state index contributed by atoms with van der Waals surface area (Å²) in [6.07, 6.45) is 3.74. The van der Waals surface area contributed by atoms with Crippen molar-refractivity contribution in [1.29, 1.82) is 0 Å². The predicted molar refractivity (Wildman–Crippen MR) is 70.7 cm³/mol. The number of para-hydroxylation sites is 1. The summed E-state index contributed by atoms with van der Waals surface area (Å²) in [6, 6.07) is 17.3. The Morgan fingerprint density at radius 3 is 2.24 bits per heavy atom. The van der Waals surface area contributed by atoms with Crippen LogP contribution in [0.2, 0.25) is 5.02 Å². The summed E-state index contributed by atoms with van der Waals surface area (Å²) < 4.78 is 0. The van der Waals surface area contributed by atoms with Gasteiger partial charge in [0.25, 0.3) is 0 Å². The van der Waals surface area contributed by atoms with E-state index in [0.29, 0.717) is 0 Å². The Labute approximate surface area is 105 Å². The van der Waals surface area contributed by atoms with Crippen LogP contribution in [0.4, 0.5) is 0 Å². The van der Waals surface area contributed by atoms with Gasteiger partial charge in [-0.15, -0.1) is 0 Å². The van der Waals surface area contributed by atoms with Crippen LogP contribution >= 0.6 is 11.6 Å². The maximum atomic E-state index is 5.54. The highest BCUT2D eigenvalue weighted by molar-refractivity contribution is 6.30. The molecule has 0 saturated carbocycles. The minimum atomic E-state index is 0.794. The molecule has 0 aliphatic carbocycles. The van der Waals surface area contributed by atoms with Crippen molar-refractivity contribution < 1.29 is 4.84 Å². The van der Waals surface area contributed by atoms with Crippen molar-refractivity contribution in [2.75, 3.05) is 0 Å². The lowest BCUT2D eigenvalue weighted by Gasteiger charge is -2.11. The number of hydrogen-bond acceptors (Lipinski definition) is 2. The Morgan fingerprint density at radius 1 is 0.882 bits per heavy atom. The van der Waals surface area contributed by atoms with Crippen LogP contribution in [-0.4, -0.2) is 0 Å². The number of nitrogens with one attached hydrogen (secondary N) is 1. The fraction of sp³-hybridized carbons (Fsp3) is 0. The Balaban J connectivity index is 0.000000136. The molecule has 0 saturated heterocycles. The second kappa shape index (κ2) is 5.97. The van der Waals surface area contributed by atoms with Crippen LogP contribution in [0.1, 0.15) is 5.56 Å². The number of rotatable bonds is 0. The lowest BCUT2D eigenvalue weighted by Crippen LogP contribution is -2.13. The van der Waals surface area contributed by atoms with Crippen LogP contribution in [-0.2, 0) is 0 Å². The molecule has 2 nitrogen and oxygen atoms in total. The maximum Gasteiger partial charge on any atom is 0.162 e. The molecule has 2 aromatic rings. The van der Waals surface area contributed by atoms with Crippen LogP contribution in [0, 0.1) is 0 Å². The monoisotopic (exact) mass is 245 g/mol. The van der Waals surface area contributed by atoms with Gasteiger partial charge in [0.15, 0.2) is 5.75 Å². The molecule has 3 heteroatoms. The first kappa shape index (κ1) is 11.6.